The highest BCUT2D eigenvalue weighted by atomic mass is 35.5. The molecule has 1 aliphatic rings. The van der Waals surface area contributed by atoms with Crippen molar-refractivity contribution in [2.24, 2.45) is 5.92 Å². The minimum absolute atomic E-state index is 0.283. The van der Waals surface area contributed by atoms with Gasteiger partial charge in [-0.3, -0.25) is 0 Å². The summed E-state index contributed by atoms with van der Waals surface area (Å²) in [5.41, 5.74) is 0.283. The Hall–Kier alpha value is 0.250. The zero-order valence-corrected chi connectivity index (χ0v) is 9.66. The summed E-state index contributed by atoms with van der Waals surface area (Å²) in [7, 11) is 0. The Bertz CT molecular complexity index is 141. The molecule has 0 aromatic carbocycles. The summed E-state index contributed by atoms with van der Waals surface area (Å²) in [5, 5.41) is 3.66. The lowest BCUT2D eigenvalue weighted by Gasteiger charge is -2.29. The first-order chi connectivity index (χ1) is 6.22. The highest BCUT2D eigenvalue weighted by molar-refractivity contribution is 6.18. The molecule has 0 spiro atoms. The van der Waals surface area contributed by atoms with Crippen LogP contribution in [0, 0.1) is 5.92 Å². The van der Waals surface area contributed by atoms with E-state index in [4.69, 9.17) is 11.6 Å². The number of hydrogen-bond acceptors (Lipinski definition) is 1. The van der Waals surface area contributed by atoms with Gasteiger partial charge in [-0.1, -0.05) is 33.1 Å². The summed E-state index contributed by atoms with van der Waals surface area (Å²) in [6, 6.07) is 0. The van der Waals surface area contributed by atoms with E-state index >= 15 is 0 Å². The Labute approximate surface area is 87.2 Å². The maximum atomic E-state index is 6.03. The number of nitrogens with one attached hydrogen (secondary N) is 1. The van der Waals surface area contributed by atoms with Gasteiger partial charge in [0.1, 0.15) is 0 Å². The van der Waals surface area contributed by atoms with E-state index in [1.807, 2.05) is 0 Å². The van der Waals surface area contributed by atoms with Gasteiger partial charge in [0.2, 0.25) is 0 Å². The highest BCUT2D eigenvalue weighted by Gasteiger charge is 2.32. The normalized spacial score (nSPS) is 23.3. The molecule has 2 heteroatoms. The second-order valence-corrected chi connectivity index (χ2v) is 4.78. The fraction of sp³-hybridized carbons (Fsp3) is 1.00. The molecule has 1 fully saturated rings. The van der Waals surface area contributed by atoms with Crippen molar-refractivity contribution < 1.29 is 0 Å². The number of rotatable bonds is 5. The monoisotopic (exact) mass is 203 g/mol. The molecule has 1 unspecified atom stereocenters. The largest absolute Gasteiger partial charge is 0.310 e. The van der Waals surface area contributed by atoms with Gasteiger partial charge in [-0.2, -0.15) is 0 Å². The molecule has 0 aromatic rings. The summed E-state index contributed by atoms with van der Waals surface area (Å²) in [4.78, 5) is 0. The van der Waals surface area contributed by atoms with Crippen LogP contribution in [0.1, 0.15) is 46.0 Å². The summed E-state index contributed by atoms with van der Waals surface area (Å²) in [6.07, 6.45) is 6.49. The molecule has 78 valence electrons. The van der Waals surface area contributed by atoms with Crippen LogP contribution < -0.4 is 5.32 Å². The van der Waals surface area contributed by atoms with Crippen molar-refractivity contribution in [2.75, 3.05) is 12.4 Å². The first kappa shape index (κ1) is 11.3. The topological polar surface area (TPSA) is 12.0 Å². The van der Waals surface area contributed by atoms with Crippen LogP contribution in [-0.4, -0.2) is 18.0 Å². The molecule has 1 atom stereocenters. The van der Waals surface area contributed by atoms with Crippen LogP contribution in [0.15, 0.2) is 0 Å². The lowest BCUT2D eigenvalue weighted by atomic mass is 9.99. The highest BCUT2D eigenvalue weighted by Crippen LogP contribution is 2.30. The van der Waals surface area contributed by atoms with E-state index in [1.54, 1.807) is 0 Å². The standard InChI is InChI=1S/C11H22ClN/c1-3-10(2)8-13-11(9-12)6-4-5-7-11/h10,13H,3-9H2,1-2H3. The Balaban J connectivity index is 2.31. The maximum absolute atomic E-state index is 6.03. The van der Waals surface area contributed by atoms with E-state index in [2.05, 4.69) is 19.2 Å². The minimum Gasteiger partial charge on any atom is -0.310 e. The lowest BCUT2D eigenvalue weighted by molar-refractivity contribution is 0.337. The van der Waals surface area contributed by atoms with Gasteiger partial charge in [0, 0.05) is 11.4 Å². The molecule has 0 aromatic heterocycles. The zero-order chi connectivity index (χ0) is 9.73. The molecule has 1 rings (SSSR count). The van der Waals surface area contributed by atoms with Crippen molar-refractivity contribution in [3.8, 4) is 0 Å². The van der Waals surface area contributed by atoms with Gasteiger partial charge in [-0.15, -0.1) is 11.6 Å². The molecule has 0 saturated heterocycles. The third-order valence-electron chi connectivity index (χ3n) is 3.34. The van der Waals surface area contributed by atoms with Gasteiger partial charge in [0.15, 0.2) is 0 Å². The predicted octanol–water partition coefficient (Wildman–Crippen LogP) is 3.17. The van der Waals surface area contributed by atoms with Crippen LogP contribution >= 0.6 is 11.6 Å². The quantitative estimate of drug-likeness (QED) is 0.677. The third-order valence-corrected chi connectivity index (χ3v) is 3.85. The van der Waals surface area contributed by atoms with E-state index in [9.17, 15) is 0 Å². The maximum Gasteiger partial charge on any atom is 0.0406 e. The molecule has 0 bridgehead atoms. The van der Waals surface area contributed by atoms with Gasteiger partial charge in [-0.05, 0) is 25.3 Å². The minimum atomic E-state index is 0.283. The average molecular weight is 204 g/mol. The van der Waals surface area contributed by atoms with Crippen LogP contribution in [0.5, 0.6) is 0 Å². The molecule has 1 aliphatic carbocycles. The second-order valence-electron chi connectivity index (χ2n) is 4.52. The van der Waals surface area contributed by atoms with Gasteiger partial charge >= 0.3 is 0 Å². The van der Waals surface area contributed by atoms with Crippen molar-refractivity contribution in [1.82, 2.24) is 5.32 Å². The van der Waals surface area contributed by atoms with Gasteiger partial charge in [0.05, 0.1) is 0 Å². The molecule has 0 amide bonds. The van der Waals surface area contributed by atoms with Crippen molar-refractivity contribution in [2.45, 2.75) is 51.5 Å². The Morgan fingerprint density at radius 1 is 1.38 bits per heavy atom. The number of hydrogen-bond donors (Lipinski definition) is 1. The molecular weight excluding hydrogens is 182 g/mol. The molecule has 0 heterocycles. The van der Waals surface area contributed by atoms with Gasteiger partial charge in [-0.25, -0.2) is 0 Å². The first-order valence-corrected chi connectivity index (χ1v) is 6.07. The van der Waals surface area contributed by atoms with Crippen molar-refractivity contribution in [1.29, 1.82) is 0 Å². The molecule has 13 heavy (non-hydrogen) atoms. The van der Waals surface area contributed by atoms with Gasteiger partial charge in [0.25, 0.3) is 0 Å². The second kappa shape index (κ2) is 5.21. The molecule has 1 N–H and O–H groups in total. The van der Waals surface area contributed by atoms with E-state index < -0.39 is 0 Å². The zero-order valence-electron chi connectivity index (χ0n) is 8.91. The Morgan fingerprint density at radius 3 is 2.46 bits per heavy atom. The Morgan fingerprint density at radius 2 is 2.00 bits per heavy atom. The predicted molar refractivity (Wildman–Crippen MR) is 59.4 cm³/mol. The van der Waals surface area contributed by atoms with Crippen LogP contribution in [0.3, 0.4) is 0 Å². The summed E-state index contributed by atoms with van der Waals surface area (Å²) in [5.74, 6) is 1.56. The van der Waals surface area contributed by atoms with Crippen molar-refractivity contribution in [3.63, 3.8) is 0 Å². The molecular formula is C11H22ClN. The molecule has 0 radical (unpaired) electrons. The van der Waals surface area contributed by atoms with Gasteiger partial charge < -0.3 is 5.32 Å². The van der Waals surface area contributed by atoms with E-state index in [0.717, 1.165) is 18.3 Å². The molecule has 1 nitrogen and oxygen atoms in total. The van der Waals surface area contributed by atoms with Crippen LogP contribution in [0.2, 0.25) is 0 Å². The van der Waals surface area contributed by atoms with Crippen LogP contribution in [0.4, 0.5) is 0 Å². The number of halogens is 1. The van der Waals surface area contributed by atoms with E-state index in [0.29, 0.717) is 0 Å². The smallest absolute Gasteiger partial charge is 0.0406 e. The van der Waals surface area contributed by atoms with Crippen molar-refractivity contribution >= 4 is 11.6 Å². The Kier molecular flexibility index (Phi) is 4.54. The summed E-state index contributed by atoms with van der Waals surface area (Å²) < 4.78 is 0. The average Bonchev–Trinajstić information content (AvgIpc) is 2.63. The summed E-state index contributed by atoms with van der Waals surface area (Å²) >= 11 is 6.03. The lowest BCUT2D eigenvalue weighted by Crippen LogP contribution is -2.46. The van der Waals surface area contributed by atoms with Crippen LogP contribution in [0.25, 0.3) is 0 Å². The fourth-order valence-corrected chi connectivity index (χ4v) is 2.31. The van der Waals surface area contributed by atoms with E-state index in [1.165, 1.54) is 32.1 Å². The number of alkyl halides is 1. The van der Waals surface area contributed by atoms with E-state index in [-0.39, 0.29) is 5.54 Å². The fourth-order valence-electron chi connectivity index (χ4n) is 1.94. The summed E-state index contributed by atoms with van der Waals surface area (Å²) in [6.45, 7) is 5.67. The van der Waals surface area contributed by atoms with Crippen LogP contribution in [-0.2, 0) is 0 Å². The molecule has 1 saturated carbocycles. The molecule has 0 aliphatic heterocycles. The third kappa shape index (κ3) is 3.14. The SMILES string of the molecule is CCC(C)CNC1(CCl)CCCC1. The van der Waals surface area contributed by atoms with Crippen molar-refractivity contribution in [3.05, 3.63) is 0 Å². The first-order valence-electron chi connectivity index (χ1n) is 5.53.